The third kappa shape index (κ3) is 4.41. The van der Waals surface area contributed by atoms with Gasteiger partial charge in [0.1, 0.15) is 0 Å². The molecule has 0 unspecified atom stereocenters. The summed E-state index contributed by atoms with van der Waals surface area (Å²) in [6.45, 7) is 2.55. The lowest BCUT2D eigenvalue weighted by molar-refractivity contribution is 0.600. The molecule has 1 N–H and O–H groups in total. The van der Waals surface area contributed by atoms with Crippen LogP contribution >= 0.6 is 11.6 Å². The van der Waals surface area contributed by atoms with Gasteiger partial charge in [-0.15, -0.1) is 0 Å². The summed E-state index contributed by atoms with van der Waals surface area (Å²) >= 11 is 5.87. The van der Waals surface area contributed by atoms with Crippen molar-refractivity contribution in [1.82, 2.24) is 9.78 Å². The van der Waals surface area contributed by atoms with Gasteiger partial charge in [0.2, 0.25) is 0 Å². The van der Waals surface area contributed by atoms with Gasteiger partial charge in [-0.1, -0.05) is 42.8 Å². The number of hydrogen-bond donors (Lipinski definition) is 1. The third-order valence-electron chi connectivity index (χ3n) is 3.78. The van der Waals surface area contributed by atoms with E-state index in [9.17, 15) is 8.42 Å². The largest absolute Gasteiger partial charge is 0.266 e. The van der Waals surface area contributed by atoms with Gasteiger partial charge in [0, 0.05) is 17.3 Å². The van der Waals surface area contributed by atoms with Crippen LogP contribution < -0.4 is 4.72 Å². The number of hydrogen-bond acceptors (Lipinski definition) is 3. The molecule has 0 aliphatic heterocycles. The average molecular weight is 376 g/mol. The van der Waals surface area contributed by atoms with Crippen molar-refractivity contribution in [3.8, 4) is 0 Å². The highest BCUT2D eigenvalue weighted by atomic mass is 35.5. The summed E-state index contributed by atoms with van der Waals surface area (Å²) in [6, 6.07) is 15.9. The highest BCUT2D eigenvalue weighted by Gasteiger charge is 2.15. The summed E-state index contributed by atoms with van der Waals surface area (Å²) in [7, 11) is -3.65. The number of sulfonamides is 1. The van der Waals surface area contributed by atoms with Crippen molar-refractivity contribution in [2.45, 2.75) is 24.8 Å². The molecule has 0 bridgehead atoms. The van der Waals surface area contributed by atoms with Crippen LogP contribution in [0.1, 0.15) is 18.1 Å². The molecule has 3 rings (SSSR count). The Hall–Kier alpha value is -2.31. The molecule has 2 aromatic carbocycles. The standard InChI is InChI=1S/C18H18ClN3O2S/c1-2-14-5-9-17(10-6-14)25(23,24)21-18-11-12-22(20-18)13-15-3-7-16(19)8-4-15/h3-12H,2,13H2,1H3,(H,20,21). The number of nitrogens with zero attached hydrogens (tertiary/aromatic N) is 2. The zero-order chi connectivity index (χ0) is 17.9. The van der Waals surface area contributed by atoms with Gasteiger partial charge in [-0.25, -0.2) is 8.42 Å². The Balaban J connectivity index is 1.72. The Morgan fingerprint density at radius 1 is 1.00 bits per heavy atom. The van der Waals surface area contributed by atoms with Crippen LogP contribution in [0.5, 0.6) is 0 Å². The second kappa shape index (κ2) is 7.29. The van der Waals surface area contributed by atoms with E-state index in [0.29, 0.717) is 11.6 Å². The Labute approximate surface area is 152 Å². The molecule has 0 saturated carbocycles. The lowest BCUT2D eigenvalue weighted by Crippen LogP contribution is -2.13. The molecule has 0 radical (unpaired) electrons. The molecule has 1 heterocycles. The highest BCUT2D eigenvalue weighted by Crippen LogP contribution is 2.16. The molecular formula is C18H18ClN3O2S. The topological polar surface area (TPSA) is 64.0 Å². The van der Waals surface area contributed by atoms with Gasteiger partial charge in [-0.3, -0.25) is 9.40 Å². The zero-order valence-electron chi connectivity index (χ0n) is 13.7. The number of halogens is 1. The van der Waals surface area contributed by atoms with Gasteiger partial charge >= 0.3 is 0 Å². The smallest absolute Gasteiger partial charge is 0.263 e. The van der Waals surface area contributed by atoms with Crippen LogP contribution in [-0.2, 0) is 23.0 Å². The van der Waals surface area contributed by atoms with Crippen LogP contribution in [0.25, 0.3) is 0 Å². The van der Waals surface area contributed by atoms with Gasteiger partial charge in [-0.05, 0) is 41.8 Å². The number of anilines is 1. The molecule has 0 saturated heterocycles. The van der Waals surface area contributed by atoms with E-state index in [-0.39, 0.29) is 10.7 Å². The van der Waals surface area contributed by atoms with Crippen LogP contribution in [0.3, 0.4) is 0 Å². The molecule has 0 aliphatic carbocycles. The number of benzene rings is 2. The molecule has 0 spiro atoms. The number of aromatic nitrogens is 2. The Bertz CT molecular complexity index is 949. The molecule has 7 heteroatoms. The zero-order valence-corrected chi connectivity index (χ0v) is 15.3. The van der Waals surface area contributed by atoms with E-state index < -0.39 is 10.0 Å². The van der Waals surface area contributed by atoms with E-state index in [2.05, 4.69) is 9.82 Å². The first-order chi connectivity index (χ1) is 12.0. The molecule has 0 atom stereocenters. The Morgan fingerprint density at radius 3 is 2.28 bits per heavy atom. The van der Waals surface area contributed by atoms with E-state index in [1.54, 1.807) is 29.1 Å². The lowest BCUT2D eigenvalue weighted by atomic mass is 10.2. The van der Waals surface area contributed by atoms with Crippen LogP contribution in [0, 0.1) is 0 Å². The molecule has 130 valence electrons. The second-order valence-corrected chi connectivity index (χ2v) is 7.75. The van der Waals surface area contributed by atoms with Crippen LogP contribution in [0.4, 0.5) is 5.82 Å². The first-order valence-electron chi connectivity index (χ1n) is 7.86. The van der Waals surface area contributed by atoms with Crippen molar-refractivity contribution in [1.29, 1.82) is 0 Å². The summed E-state index contributed by atoms with van der Waals surface area (Å²) in [5.41, 5.74) is 2.11. The number of nitrogens with one attached hydrogen (secondary N) is 1. The fourth-order valence-electron chi connectivity index (χ4n) is 2.38. The molecule has 1 aromatic heterocycles. The number of rotatable bonds is 6. The van der Waals surface area contributed by atoms with Gasteiger partial charge in [0.05, 0.1) is 11.4 Å². The van der Waals surface area contributed by atoms with E-state index in [1.807, 2.05) is 43.3 Å². The van der Waals surface area contributed by atoms with Crippen molar-refractivity contribution in [2.24, 2.45) is 0 Å². The van der Waals surface area contributed by atoms with Gasteiger partial charge in [0.25, 0.3) is 10.0 Å². The minimum absolute atomic E-state index is 0.219. The Kier molecular flexibility index (Phi) is 5.11. The van der Waals surface area contributed by atoms with E-state index in [4.69, 9.17) is 11.6 Å². The predicted octanol–water partition coefficient (Wildman–Crippen LogP) is 3.95. The van der Waals surface area contributed by atoms with Gasteiger partial charge in [0.15, 0.2) is 5.82 Å². The predicted molar refractivity (Wildman–Crippen MR) is 99.4 cm³/mol. The molecular weight excluding hydrogens is 358 g/mol. The number of aryl methyl sites for hydroxylation is 1. The molecule has 3 aromatic rings. The van der Waals surface area contributed by atoms with Crippen molar-refractivity contribution in [2.75, 3.05) is 4.72 Å². The first-order valence-corrected chi connectivity index (χ1v) is 9.72. The summed E-state index contributed by atoms with van der Waals surface area (Å²) in [5.74, 6) is 0.286. The molecule has 0 fully saturated rings. The lowest BCUT2D eigenvalue weighted by Gasteiger charge is -2.06. The quantitative estimate of drug-likeness (QED) is 0.709. The normalized spacial score (nSPS) is 11.4. The second-order valence-electron chi connectivity index (χ2n) is 5.63. The van der Waals surface area contributed by atoms with Crippen LogP contribution in [-0.4, -0.2) is 18.2 Å². The van der Waals surface area contributed by atoms with Gasteiger partial charge < -0.3 is 0 Å². The monoisotopic (exact) mass is 375 g/mol. The maximum Gasteiger partial charge on any atom is 0.263 e. The van der Waals surface area contributed by atoms with Crippen LogP contribution in [0.2, 0.25) is 5.02 Å². The highest BCUT2D eigenvalue weighted by molar-refractivity contribution is 7.92. The molecule has 25 heavy (non-hydrogen) atoms. The molecule has 0 amide bonds. The fourth-order valence-corrected chi connectivity index (χ4v) is 3.50. The molecule has 5 nitrogen and oxygen atoms in total. The average Bonchev–Trinajstić information content (AvgIpc) is 3.03. The maximum atomic E-state index is 12.4. The summed E-state index contributed by atoms with van der Waals surface area (Å²) < 4.78 is 29.0. The van der Waals surface area contributed by atoms with E-state index in [1.165, 1.54) is 0 Å². The Morgan fingerprint density at radius 2 is 1.64 bits per heavy atom. The minimum Gasteiger partial charge on any atom is -0.266 e. The maximum absolute atomic E-state index is 12.4. The van der Waals surface area contributed by atoms with E-state index in [0.717, 1.165) is 17.5 Å². The van der Waals surface area contributed by atoms with Crippen molar-refractivity contribution < 1.29 is 8.42 Å². The fraction of sp³-hybridized carbons (Fsp3) is 0.167. The van der Waals surface area contributed by atoms with Crippen molar-refractivity contribution in [3.05, 3.63) is 76.9 Å². The molecule has 0 aliphatic rings. The van der Waals surface area contributed by atoms with E-state index >= 15 is 0 Å². The van der Waals surface area contributed by atoms with Crippen molar-refractivity contribution in [3.63, 3.8) is 0 Å². The SMILES string of the molecule is CCc1ccc(S(=O)(=O)Nc2ccn(Cc3ccc(Cl)cc3)n2)cc1. The first kappa shape index (κ1) is 17.5. The summed E-state index contributed by atoms with van der Waals surface area (Å²) in [6.07, 6.45) is 2.59. The summed E-state index contributed by atoms with van der Waals surface area (Å²) in [5, 5.41) is 4.94. The minimum atomic E-state index is -3.65. The van der Waals surface area contributed by atoms with Crippen molar-refractivity contribution >= 4 is 27.4 Å². The van der Waals surface area contributed by atoms with Crippen LogP contribution in [0.15, 0.2) is 65.7 Å². The van der Waals surface area contributed by atoms with Gasteiger partial charge in [-0.2, -0.15) is 5.10 Å². The third-order valence-corrected chi connectivity index (χ3v) is 5.40. The summed E-state index contributed by atoms with van der Waals surface area (Å²) in [4.78, 5) is 0.219.